The first-order valence-corrected chi connectivity index (χ1v) is 7.06. The number of rotatable bonds is 5. The SMILES string of the molecule is Cc1ccc(C(=O)CCN2CCC(C(C)O)C2)cc1. The Kier molecular flexibility index (Phi) is 4.72. The molecule has 1 aromatic carbocycles. The third kappa shape index (κ3) is 3.88. The van der Waals surface area contributed by atoms with E-state index >= 15 is 0 Å². The molecule has 0 radical (unpaired) electrons. The first kappa shape index (κ1) is 14.2. The molecule has 0 saturated carbocycles. The monoisotopic (exact) mass is 261 g/mol. The molecule has 1 saturated heterocycles. The van der Waals surface area contributed by atoms with Crippen LogP contribution in [0.1, 0.15) is 35.7 Å². The van der Waals surface area contributed by atoms with Crippen molar-refractivity contribution < 1.29 is 9.90 Å². The van der Waals surface area contributed by atoms with Gasteiger partial charge in [-0.25, -0.2) is 0 Å². The van der Waals surface area contributed by atoms with E-state index in [4.69, 9.17) is 0 Å². The lowest BCUT2D eigenvalue weighted by Gasteiger charge is -2.16. The van der Waals surface area contributed by atoms with Crippen LogP contribution in [-0.4, -0.2) is 41.5 Å². The van der Waals surface area contributed by atoms with Gasteiger partial charge >= 0.3 is 0 Å². The van der Waals surface area contributed by atoms with Crippen LogP contribution in [0.25, 0.3) is 0 Å². The maximum atomic E-state index is 12.1. The molecule has 0 bridgehead atoms. The Morgan fingerprint density at radius 1 is 1.42 bits per heavy atom. The molecule has 1 aliphatic rings. The zero-order valence-corrected chi connectivity index (χ0v) is 11.8. The van der Waals surface area contributed by atoms with Gasteiger partial charge in [-0.05, 0) is 32.7 Å². The van der Waals surface area contributed by atoms with E-state index in [2.05, 4.69) is 4.90 Å². The van der Waals surface area contributed by atoms with Crippen molar-refractivity contribution in [2.45, 2.75) is 32.8 Å². The predicted molar refractivity (Wildman–Crippen MR) is 76.4 cm³/mol. The number of carbonyl (C=O) groups is 1. The minimum absolute atomic E-state index is 0.209. The highest BCUT2D eigenvalue weighted by atomic mass is 16.3. The molecule has 0 spiro atoms. The molecule has 0 aliphatic carbocycles. The standard InChI is InChI=1S/C16H23NO2/c1-12-3-5-14(6-4-12)16(19)8-10-17-9-7-15(11-17)13(2)18/h3-6,13,15,18H,7-11H2,1-2H3. The van der Waals surface area contributed by atoms with Gasteiger partial charge in [0, 0.05) is 25.1 Å². The summed E-state index contributed by atoms with van der Waals surface area (Å²) in [5.74, 6) is 0.579. The summed E-state index contributed by atoms with van der Waals surface area (Å²) in [6.45, 7) is 6.59. The van der Waals surface area contributed by atoms with E-state index < -0.39 is 0 Å². The third-order valence-corrected chi connectivity index (χ3v) is 4.02. The number of hydrogen-bond acceptors (Lipinski definition) is 3. The smallest absolute Gasteiger partial charge is 0.164 e. The zero-order valence-electron chi connectivity index (χ0n) is 11.8. The average Bonchev–Trinajstić information content (AvgIpc) is 2.86. The number of aliphatic hydroxyl groups is 1. The fourth-order valence-electron chi connectivity index (χ4n) is 2.60. The molecule has 1 aliphatic heterocycles. The summed E-state index contributed by atoms with van der Waals surface area (Å²) in [5.41, 5.74) is 1.98. The Bertz CT molecular complexity index is 425. The van der Waals surface area contributed by atoms with Gasteiger partial charge in [-0.2, -0.15) is 0 Å². The van der Waals surface area contributed by atoms with Crippen LogP contribution < -0.4 is 0 Å². The average molecular weight is 261 g/mol. The molecular formula is C16H23NO2. The number of aliphatic hydroxyl groups excluding tert-OH is 1. The maximum Gasteiger partial charge on any atom is 0.164 e. The summed E-state index contributed by atoms with van der Waals surface area (Å²) in [5, 5.41) is 9.56. The highest BCUT2D eigenvalue weighted by molar-refractivity contribution is 5.96. The van der Waals surface area contributed by atoms with E-state index in [0.29, 0.717) is 12.3 Å². The largest absolute Gasteiger partial charge is 0.393 e. The quantitative estimate of drug-likeness (QED) is 0.827. The zero-order chi connectivity index (χ0) is 13.8. The number of ketones is 1. The molecule has 104 valence electrons. The second-order valence-corrected chi connectivity index (χ2v) is 5.63. The number of benzene rings is 1. The molecule has 1 heterocycles. The van der Waals surface area contributed by atoms with Crippen LogP contribution in [0.4, 0.5) is 0 Å². The molecule has 1 N–H and O–H groups in total. The normalized spacial score (nSPS) is 21.5. The molecule has 19 heavy (non-hydrogen) atoms. The maximum absolute atomic E-state index is 12.1. The van der Waals surface area contributed by atoms with E-state index in [1.54, 1.807) is 0 Å². The fourth-order valence-corrected chi connectivity index (χ4v) is 2.60. The van der Waals surface area contributed by atoms with Gasteiger partial charge in [0.05, 0.1) is 6.10 Å². The lowest BCUT2D eigenvalue weighted by molar-refractivity contribution is 0.0963. The van der Waals surface area contributed by atoms with Crippen molar-refractivity contribution in [3.05, 3.63) is 35.4 Å². The van der Waals surface area contributed by atoms with Gasteiger partial charge in [-0.1, -0.05) is 29.8 Å². The summed E-state index contributed by atoms with van der Waals surface area (Å²) in [6.07, 6.45) is 1.37. The molecule has 0 aromatic heterocycles. The van der Waals surface area contributed by atoms with Crippen molar-refractivity contribution in [3.63, 3.8) is 0 Å². The van der Waals surface area contributed by atoms with Crippen molar-refractivity contribution in [1.29, 1.82) is 0 Å². The number of aryl methyl sites for hydroxylation is 1. The van der Waals surface area contributed by atoms with E-state index in [-0.39, 0.29) is 11.9 Å². The van der Waals surface area contributed by atoms with Crippen LogP contribution in [0.5, 0.6) is 0 Å². The van der Waals surface area contributed by atoms with Gasteiger partial charge in [-0.3, -0.25) is 4.79 Å². The summed E-state index contributed by atoms with van der Waals surface area (Å²) < 4.78 is 0. The predicted octanol–water partition coefficient (Wildman–Crippen LogP) is 2.27. The van der Waals surface area contributed by atoms with Gasteiger partial charge in [0.2, 0.25) is 0 Å². The first-order valence-electron chi connectivity index (χ1n) is 7.06. The molecule has 1 aromatic rings. The number of Topliss-reactive ketones (excluding diaryl/α,β-unsaturated/α-hetero) is 1. The van der Waals surface area contributed by atoms with Gasteiger partial charge in [-0.15, -0.1) is 0 Å². The summed E-state index contributed by atoms with van der Waals surface area (Å²) in [4.78, 5) is 14.3. The minimum Gasteiger partial charge on any atom is -0.393 e. The molecule has 3 nitrogen and oxygen atoms in total. The second-order valence-electron chi connectivity index (χ2n) is 5.63. The number of likely N-dealkylation sites (tertiary alicyclic amines) is 1. The molecule has 2 atom stereocenters. The van der Waals surface area contributed by atoms with Crippen LogP contribution in [0.2, 0.25) is 0 Å². The van der Waals surface area contributed by atoms with E-state index in [9.17, 15) is 9.90 Å². The molecule has 2 unspecified atom stereocenters. The Morgan fingerprint density at radius 3 is 2.68 bits per heavy atom. The highest BCUT2D eigenvalue weighted by Crippen LogP contribution is 2.20. The minimum atomic E-state index is -0.238. The summed E-state index contributed by atoms with van der Waals surface area (Å²) in [7, 11) is 0. The Labute approximate surface area is 115 Å². The Balaban J connectivity index is 1.80. The van der Waals surface area contributed by atoms with E-state index in [0.717, 1.165) is 31.6 Å². The first-order chi connectivity index (χ1) is 9.06. The Hall–Kier alpha value is -1.19. The highest BCUT2D eigenvalue weighted by Gasteiger charge is 2.25. The second kappa shape index (κ2) is 6.31. The van der Waals surface area contributed by atoms with Gasteiger partial charge in [0.1, 0.15) is 0 Å². The van der Waals surface area contributed by atoms with Crippen molar-refractivity contribution in [2.75, 3.05) is 19.6 Å². The summed E-state index contributed by atoms with van der Waals surface area (Å²) in [6, 6.07) is 7.76. The van der Waals surface area contributed by atoms with Crippen molar-refractivity contribution in [3.8, 4) is 0 Å². The van der Waals surface area contributed by atoms with Gasteiger partial charge in [0.25, 0.3) is 0 Å². The fraction of sp³-hybridized carbons (Fsp3) is 0.562. The van der Waals surface area contributed by atoms with Gasteiger partial charge in [0.15, 0.2) is 5.78 Å². The lowest BCUT2D eigenvalue weighted by atomic mass is 10.0. The van der Waals surface area contributed by atoms with E-state index in [1.807, 2.05) is 38.1 Å². The van der Waals surface area contributed by atoms with Crippen molar-refractivity contribution in [2.24, 2.45) is 5.92 Å². The van der Waals surface area contributed by atoms with Crippen LogP contribution in [-0.2, 0) is 0 Å². The van der Waals surface area contributed by atoms with Crippen LogP contribution in [0.15, 0.2) is 24.3 Å². The molecular weight excluding hydrogens is 238 g/mol. The third-order valence-electron chi connectivity index (χ3n) is 4.02. The molecule has 0 amide bonds. The van der Waals surface area contributed by atoms with Crippen LogP contribution >= 0.6 is 0 Å². The topological polar surface area (TPSA) is 40.5 Å². The summed E-state index contributed by atoms with van der Waals surface area (Å²) >= 11 is 0. The van der Waals surface area contributed by atoms with Crippen LogP contribution in [0, 0.1) is 12.8 Å². The lowest BCUT2D eigenvalue weighted by Crippen LogP contribution is -2.26. The van der Waals surface area contributed by atoms with Crippen molar-refractivity contribution >= 4 is 5.78 Å². The number of nitrogens with zero attached hydrogens (tertiary/aromatic N) is 1. The van der Waals surface area contributed by atoms with Gasteiger partial charge < -0.3 is 10.0 Å². The molecule has 3 heteroatoms. The molecule has 1 fully saturated rings. The van der Waals surface area contributed by atoms with Crippen LogP contribution in [0.3, 0.4) is 0 Å². The number of hydrogen-bond donors (Lipinski definition) is 1. The van der Waals surface area contributed by atoms with Crippen molar-refractivity contribution in [1.82, 2.24) is 4.90 Å². The Morgan fingerprint density at radius 2 is 2.11 bits per heavy atom. The van der Waals surface area contributed by atoms with E-state index in [1.165, 1.54) is 5.56 Å². The number of carbonyl (C=O) groups excluding carboxylic acids is 1. The molecule has 2 rings (SSSR count).